The van der Waals surface area contributed by atoms with Gasteiger partial charge in [0.25, 0.3) is 0 Å². The highest BCUT2D eigenvalue weighted by Gasteiger charge is 2.16. The number of nitrogens with one attached hydrogen (secondary N) is 1. The van der Waals surface area contributed by atoms with E-state index in [9.17, 15) is 8.78 Å². The Labute approximate surface area is 128 Å². The van der Waals surface area contributed by atoms with Gasteiger partial charge in [-0.2, -0.15) is 0 Å². The standard InChI is InChI=1S/C18H18F2N2/c19-12-8-9-15(16(20)11-12)18-14(6-3-4-10-21)13-5-1-2-7-17(13)22-18/h1-2,5,7-9,11,22H,3-4,6,10,21H2. The van der Waals surface area contributed by atoms with Gasteiger partial charge in [-0.05, 0) is 49.6 Å². The predicted octanol–water partition coefficient (Wildman–Crippen LogP) is 4.39. The van der Waals surface area contributed by atoms with E-state index >= 15 is 0 Å². The average Bonchev–Trinajstić information content (AvgIpc) is 2.86. The Morgan fingerprint density at radius 2 is 1.82 bits per heavy atom. The van der Waals surface area contributed by atoms with Crippen LogP contribution in [0.4, 0.5) is 8.78 Å². The number of para-hydroxylation sites is 1. The van der Waals surface area contributed by atoms with E-state index < -0.39 is 11.6 Å². The van der Waals surface area contributed by atoms with Crippen molar-refractivity contribution in [3.63, 3.8) is 0 Å². The Bertz CT molecular complexity index is 793. The zero-order chi connectivity index (χ0) is 15.5. The van der Waals surface area contributed by atoms with Crippen molar-refractivity contribution in [3.8, 4) is 11.3 Å². The van der Waals surface area contributed by atoms with Crippen LogP contribution >= 0.6 is 0 Å². The van der Waals surface area contributed by atoms with Crippen molar-refractivity contribution in [1.29, 1.82) is 0 Å². The Morgan fingerprint density at radius 1 is 1.00 bits per heavy atom. The number of fused-ring (bicyclic) bond motifs is 1. The highest BCUT2D eigenvalue weighted by Crippen LogP contribution is 2.33. The van der Waals surface area contributed by atoms with Crippen LogP contribution in [0.5, 0.6) is 0 Å². The van der Waals surface area contributed by atoms with Gasteiger partial charge in [0.2, 0.25) is 0 Å². The number of benzene rings is 2. The number of unbranched alkanes of at least 4 members (excludes halogenated alkanes) is 1. The van der Waals surface area contributed by atoms with Gasteiger partial charge in [0.05, 0.1) is 5.69 Å². The second-order valence-corrected chi connectivity index (χ2v) is 5.39. The second-order valence-electron chi connectivity index (χ2n) is 5.39. The summed E-state index contributed by atoms with van der Waals surface area (Å²) in [4.78, 5) is 3.27. The molecule has 114 valence electrons. The molecule has 0 unspecified atom stereocenters. The smallest absolute Gasteiger partial charge is 0.135 e. The number of aryl methyl sites for hydroxylation is 1. The number of hydrogen-bond donors (Lipinski definition) is 2. The van der Waals surface area contributed by atoms with E-state index in [2.05, 4.69) is 4.98 Å². The molecule has 0 bridgehead atoms. The molecule has 3 aromatic rings. The van der Waals surface area contributed by atoms with Gasteiger partial charge < -0.3 is 10.7 Å². The van der Waals surface area contributed by atoms with Crippen LogP contribution in [0.1, 0.15) is 18.4 Å². The molecule has 0 aliphatic carbocycles. The monoisotopic (exact) mass is 300 g/mol. The number of aromatic nitrogens is 1. The van der Waals surface area contributed by atoms with Crippen LogP contribution < -0.4 is 5.73 Å². The van der Waals surface area contributed by atoms with Crippen LogP contribution in [0, 0.1) is 11.6 Å². The van der Waals surface area contributed by atoms with E-state index in [4.69, 9.17) is 5.73 Å². The SMILES string of the molecule is NCCCCc1c(-c2ccc(F)cc2F)[nH]c2ccccc12. The molecule has 0 radical (unpaired) electrons. The van der Waals surface area contributed by atoms with Crippen molar-refractivity contribution in [3.05, 3.63) is 59.7 Å². The third-order valence-corrected chi connectivity index (χ3v) is 3.90. The minimum Gasteiger partial charge on any atom is -0.354 e. The van der Waals surface area contributed by atoms with Gasteiger partial charge in [-0.15, -0.1) is 0 Å². The van der Waals surface area contributed by atoms with Crippen LogP contribution in [0.3, 0.4) is 0 Å². The molecule has 0 saturated carbocycles. The summed E-state index contributed by atoms with van der Waals surface area (Å²) in [7, 11) is 0. The van der Waals surface area contributed by atoms with Gasteiger partial charge >= 0.3 is 0 Å². The molecule has 0 aliphatic heterocycles. The van der Waals surface area contributed by atoms with E-state index in [0.717, 1.165) is 47.5 Å². The van der Waals surface area contributed by atoms with Crippen molar-refractivity contribution in [2.24, 2.45) is 5.73 Å². The minimum atomic E-state index is -0.568. The Morgan fingerprint density at radius 3 is 2.59 bits per heavy atom. The molecule has 2 nitrogen and oxygen atoms in total. The maximum absolute atomic E-state index is 14.2. The summed E-state index contributed by atoms with van der Waals surface area (Å²) in [5, 5.41) is 1.08. The average molecular weight is 300 g/mol. The van der Waals surface area contributed by atoms with Crippen molar-refractivity contribution in [1.82, 2.24) is 4.98 Å². The molecule has 1 heterocycles. The number of rotatable bonds is 5. The summed E-state index contributed by atoms with van der Waals surface area (Å²) in [5.41, 5.74) is 8.72. The molecule has 0 aliphatic rings. The van der Waals surface area contributed by atoms with Gasteiger partial charge in [0.15, 0.2) is 0 Å². The summed E-state index contributed by atoms with van der Waals surface area (Å²) in [6.45, 7) is 0.641. The summed E-state index contributed by atoms with van der Waals surface area (Å²) < 4.78 is 27.3. The molecule has 4 heteroatoms. The van der Waals surface area contributed by atoms with E-state index in [1.807, 2.05) is 24.3 Å². The topological polar surface area (TPSA) is 41.8 Å². The Kier molecular flexibility index (Phi) is 4.20. The molecule has 0 amide bonds. The molecular formula is C18H18F2N2. The summed E-state index contributed by atoms with van der Waals surface area (Å²) in [5.74, 6) is -1.12. The number of aromatic amines is 1. The predicted molar refractivity (Wildman–Crippen MR) is 85.6 cm³/mol. The highest BCUT2D eigenvalue weighted by molar-refractivity contribution is 5.90. The zero-order valence-electron chi connectivity index (χ0n) is 12.2. The van der Waals surface area contributed by atoms with E-state index in [0.29, 0.717) is 12.1 Å². The molecule has 1 aromatic heterocycles. The van der Waals surface area contributed by atoms with Gasteiger partial charge in [-0.1, -0.05) is 18.2 Å². The first-order valence-corrected chi connectivity index (χ1v) is 7.46. The molecule has 3 rings (SSSR count). The van der Waals surface area contributed by atoms with Crippen LogP contribution in [0.2, 0.25) is 0 Å². The van der Waals surface area contributed by atoms with Crippen LogP contribution in [-0.4, -0.2) is 11.5 Å². The first-order chi connectivity index (χ1) is 10.7. The zero-order valence-corrected chi connectivity index (χ0v) is 12.2. The Balaban J connectivity index is 2.12. The fourth-order valence-corrected chi connectivity index (χ4v) is 2.83. The summed E-state index contributed by atoms with van der Waals surface area (Å²) >= 11 is 0. The van der Waals surface area contributed by atoms with E-state index in [-0.39, 0.29) is 0 Å². The fraction of sp³-hybridized carbons (Fsp3) is 0.222. The molecule has 3 N–H and O–H groups in total. The molecule has 0 saturated heterocycles. The first-order valence-electron chi connectivity index (χ1n) is 7.46. The third-order valence-electron chi connectivity index (χ3n) is 3.90. The maximum atomic E-state index is 14.2. The quantitative estimate of drug-likeness (QED) is 0.674. The van der Waals surface area contributed by atoms with Crippen LogP contribution in [0.25, 0.3) is 22.2 Å². The number of H-pyrrole nitrogens is 1. The third kappa shape index (κ3) is 2.74. The fourth-order valence-electron chi connectivity index (χ4n) is 2.83. The number of nitrogens with two attached hydrogens (primary N) is 1. The van der Waals surface area contributed by atoms with Crippen molar-refractivity contribution < 1.29 is 8.78 Å². The summed E-state index contributed by atoms with van der Waals surface area (Å²) in [6, 6.07) is 11.6. The minimum absolute atomic E-state index is 0.403. The summed E-state index contributed by atoms with van der Waals surface area (Å²) in [6.07, 6.45) is 2.67. The molecular weight excluding hydrogens is 282 g/mol. The van der Waals surface area contributed by atoms with Crippen molar-refractivity contribution in [2.45, 2.75) is 19.3 Å². The van der Waals surface area contributed by atoms with Gasteiger partial charge in [0, 0.05) is 22.5 Å². The molecule has 22 heavy (non-hydrogen) atoms. The number of hydrogen-bond acceptors (Lipinski definition) is 1. The maximum Gasteiger partial charge on any atom is 0.135 e. The first kappa shape index (κ1) is 14.7. The lowest BCUT2D eigenvalue weighted by molar-refractivity contribution is 0.585. The molecule has 0 atom stereocenters. The van der Waals surface area contributed by atoms with Gasteiger partial charge in [0.1, 0.15) is 11.6 Å². The number of halogens is 2. The van der Waals surface area contributed by atoms with Gasteiger partial charge in [-0.25, -0.2) is 8.78 Å². The molecule has 0 fully saturated rings. The Hall–Kier alpha value is -2.20. The van der Waals surface area contributed by atoms with Crippen molar-refractivity contribution in [2.75, 3.05) is 6.54 Å². The highest BCUT2D eigenvalue weighted by atomic mass is 19.1. The van der Waals surface area contributed by atoms with E-state index in [1.54, 1.807) is 0 Å². The lowest BCUT2D eigenvalue weighted by Crippen LogP contribution is -1.99. The second kappa shape index (κ2) is 6.28. The van der Waals surface area contributed by atoms with Crippen LogP contribution in [-0.2, 0) is 6.42 Å². The molecule has 0 spiro atoms. The lowest BCUT2D eigenvalue weighted by Gasteiger charge is -2.06. The molecule has 2 aromatic carbocycles. The van der Waals surface area contributed by atoms with Gasteiger partial charge in [-0.3, -0.25) is 0 Å². The lowest BCUT2D eigenvalue weighted by atomic mass is 10.00. The largest absolute Gasteiger partial charge is 0.354 e. The van der Waals surface area contributed by atoms with Crippen LogP contribution in [0.15, 0.2) is 42.5 Å². The normalized spacial score (nSPS) is 11.2. The van der Waals surface area contributed by atoms with Crippen molar-refractivity contribution >= 4 is 10.9 Å². The van der Waals surface area contributed by atoms with E-state index in [1.165, 1.54) is 12.1 Å².